The van der Waals surface area contributed by atoms with Gasteiger partial charge in [-0.1, -0.05) is 26.0 Å². The highest BCUT2D eigenvalue weighted by molar-refractivity contribution is 5.56. The smallest absolute Gasteiger partial charge is 0.165 e. The Bertz CT molecular complexity index is 737. The topological polar surface area (TPSA) is 41.9 Å². The lowest BCUT2D eigenvalue weighted by atomic mass is 9.39. The number of likely N-dealkylation sites (tertiary alicyclic amines) is 1. The second kappa shape index (κ2) is 6.91. The monoisotopic (exact) mass is 385 g/mol. The molecule has 2 aliphatic heterocycles. The molecule has 1 aromatic rings. The number of rotatable bonds is 6. The number of ether oxygens (including phenoxy) is 2. The quantitative estimate of drug-likeness (QED) is 0.739. The van der Waals surface area contributed by atoms with Crippen LogP contribution in [0, 0.1) is 17.3 Å². The van der Waals surface area contributed by atoms with Crippen LogP contribution in [0.2, 0.25) is 0 Å². The average molecular weight is 386 g/mol. The third-order valence-corrected chi connectivity index (χ3v) is 8.39. The molecule has 28 heavy (non-hydrogen) atoms. The van der Waals surface area contributed by atoms with Crippen molar-refractivity contribution >= 4 is 0 Å². The third-order valence-electron chi connectivity index (χ3n) is 8.39. The first-order chi connectivity index (χ1) is 13.7. The molecule has 6 rings (SSSR count). The number of benzene rings is 1. The van der Waals surface area contributed by atoms with Crippen molar-refractivity contribution in [3.63, 3.8) is 0 Å². The lowest BCUT2D eigenvalue weighted by Crippen LogP contribution is -2.72. The Morgan fingerprint density at radius 2 is 2.14 bits per heavy atom. The van der Waals surface area contributed by atoms with Crippen molar-refractivity contribution in [2.75, 3.05) is 32.8 Å². The van der Waals surface area contributed by atoms with Crippen LogP contribution in [0.4, 0.5) is 0 Å². The van der Waals surface area contributed by atoms with Crippen molar-refractivity contribution in [3.8, 4) is 11.5 Å². The Kier molecular flexibility index (Phi) is 4.63. The van der Waals surface area contributed by atoms with E-state index < -0.39 is 0 Å². The molecule has 3 saturated carbocycles. The number of hydrogen-bond acceptors (Lipinski definition) is 4. The van der Waals surface area contributed by atoms with E-state index in [1.807, 2.05) is 6.07 Å². The van der Waals surface area contributed by atoms with Gasteiger partial charge in [-0.3, -0.25) is 0 Å². The minimum Gasteiger partial charge on any atom is -0.504 e. The molecule has 2 heterocycles. The van der Waals surface area contributed by atoms with E-state index in [4.69, 9.17) is 9.47 Å². The Morgan fingerprint density at radius 1 is 1.25 bits per heavy atom. The summed E-state index contributed by atoms with van der Waals surface area (Å²) in [6.45, 7) is 9.70. The number of phenols is 1. The van der Waals surface area contributed by atoms with Gasteiger partial charge in [-0.05, 0) is 69.5 Å². The predicted molar refractivity (Wildman–Crippen MR) is 110 cm³/mol. The van der Waals surface area contributed by atoms with E-state index in [1.165, 1.54) is 37.8 Å². The van der Waals surface area contributed by atoms with Crippen LogP contribution in [-0.2, 0) is 10.2 Å². The van der Waals surface area contributed by atoms with Gasteiger partial charge >= 0.3 is 0 Å². The van der Waals surface area contributed by atoms with Crippen LogP contribution >= 0.6 is 0 Å². The van der Waals surface area contributed by atoms with Crippen molar-refractivity contribution in [2.24, 2.45) is 17.3 Å². The molecule has 4 heteroatoms. The highest BCUT2D eigenvalue weighted by atomic mass is 16.5. The average Bonchev–Trinajstić information content (AvgIpc) is 3.06. The predicted octanol–water partition coefficient (Wildman–Crippen LogP) is 4.35. The number of fused-ring (bicyclic) bond motifs is 3. The van der Waals surface area contributed by atoms with Gasteiger partial charge < -0.3 is 19.5 Å². The molecule has 154 valence electrons. The van der Waals surface area contributed by atoms with Crippen LogP contribution in [0.1, 0.15) is 57.9 Å². The number of nitrogens with zero attached hydrogens (tertiary/aromatic N) is 1. The van der Waals surface area contributed by atoms with E-state index in [-0.39, 0.29) is 16.9 Å². The third kappa shape index (κ3) is 2.37. The fourth-order valence-electron chi connectivity index (χ4n) is 7.44. The summed E-state index contributed by atoms with van der Waals surface area (Å²) in [7, 11) is 0. The van der Waals surface area contributed by atoms with Crippen molar-refractivity contribution in [1.29, 1.82) is 0 Å². The van der Waals surface area contributed by atoms with E-state index in [9.17, 15) is 5.11 Å². The number of phenolic OH excluding ortho intramolecular Hbond substituents is 1. The number of piperidine rings is 1. The first-order valence-corrected chi connectivity index (χ1v) is 11.5. The lowest BCUT2D eigenvalue weighted by Gasteiger charge is -2.67. The van der Waals surface area contributed by atoms with Crippen molar-refractivity contribution < 1.29 is 14.6 Å². The molecule has 5 unspecified atom stereocenters. The van der Waals surface area contributed by atoms with E-state index >= 15 is 0 Å². The first-order valence-electron chi connectivity index (χ1n) is 11.5. The molecule has 4 nitrogen and oxygen atoms in total. The molecule has 5 atom stereocenters. The summed E-state index contributed by atoms with van der Waals surface area (Å²) in [4.78, 5) is 2.70. The summed E-state index contributed by atoms with van der Waals surface area (Å²) < 4.78 is 12.8. The van der Waals surface area contributed by atoms with Crippen LogP contribution in [0.15, 0.2) is 18.2 Å². The normalized spacial score (nSPS) is 38.6. The molecule has 1 N–H and O–H groups in total. The summed E-state index contributed by atoms with van der Waals surface area (Å²) in [5.41, 5.74) is 1.54. The molecular formula is C24H35NO3. The van der Waals surface area contributed by atoms with Gasteiger partial charge in [0.15, 0.2) is 11.5 Å². The molecule has 4 fully saturated rings. The maximum Gasteiger partial charge on any atom is 0.165 e. The molecule has 1 aromatic carbocycles. The second-order valence-corrected chi connectivity index (χ2v) is 9.65. The lowest BCUT2D eigenvalue weighted by molar-refractivity contribution is -0.190. The van der Waals surface area contributed by atoms with E-state index in [1.54, 1.807) is 6.07 Å². The van der Waals surface area contributed by atoms with Gasteiger partial charge in [-0.25, -0.2) is 0 Å². The van der Waals surface area contributed by atoms with Crippen LogP contribution in [0.5, 0.6) is 11.5 Å². The largest absolute Gasteiger partial charge is 0.504 e. The zero-order chi connectivity index (χ0) is 19.4. The molecule has 2 spiro atoms. The van der Waals surface area contributed by atoms with Crippen LogP contribution < -0.4 is 4.74 Å². The number of aromatic hydroxyl groups is 1. The Balaban J connectivity index is 1.61. The van der Waals surface area contributed by atoms with Crippen molar-refractivity contribution in [1.82, 2.24) is 4.90 Å². The zero-order valence-electron chi connectivity index (χ0n) is 17.5. The fourth-order valence-corrected chi connectivity index (χ4v) is 7.44. The Hall–Kier alpha value is -1.26. The van der Waals surface area contributed by atoms with Crippen LogP contribution in [0.25, 0.3) is 0 Å². The van der Waals surface area contributed by atoms with Gasteiger partial charge in [0.05, 0.1) is 6.61 Å². The maximum absolute atomic E-state index is 10.6. The standard InChI is InChI=1S/C24H35NO3/c1-3-11-25-12-10-24-19-6-5-7-20(26)21(19)28-22(24)17-8-9-23(24,16-25)18(14-17)15-27-13-4-2/h5-7,17-18,22,26H,3-4,8-16H2,1-2H3. The zero-order valence-corrected chi connectivity index (χ0v) is 17.5. The summed E-state index contributed by atoms with van der Waals surface area (Å²) in [5.74, 6) is 2.28. The molecular weight excluding hydrogens is 350 g/mol. The van der Waals surface area contributed by atoms with E-state index in [0.29, 0.717) is 17.6 Å². The Morgan fingerprint density at radius 3 is 2.96 bits per heavy atom. The number of para-hydroxylation sites is 1. The van der Waals surface area contributed by atoms with Gasteiger partial charge in [0.25, 0.3) is 0 Å². The van der Waals surface area contributed by atoms with Crippen molar-refractivity contribution in [2.45, 2.75) is 63.9 Å². The van der Waals surface area contributed by atoms with Crippen LogP contribution in [-0.4, -0.2) is 49.0 Å². The summed E-state index contributed by atoms with van der Waals surface area (Å²) in [5, 5.41) is 10.6. The molecule has 0 aromatic heterocycles. The van der Waals surface area contributed by atoms with Crippen LogP contribution in [0.3, 0.4) is 0 Å². The maximum atomic E-state index is 10.6. The van der Waals surface area contributed by atoms with Gasteiger partial charge in [0, 0.05) is 29.5 Å². The molecule has 0 radical (unpaired) electrons. The molecule has 5 aliphatic rings. The molecule has 2 bridgehead atoms. The minimum atomic E-state index is 0.0483. The summed E-state index contributed by atoms with van der Waals surface area (Å²) >= 11 is 0. The molecule has 3 aliphatic carbocycles. The van der Waals surface area contributed by atoms with E-state index in [0.717, 1.165) is 44.9 Å². The second-order valence-electron chi connectivity index (χ2n) is 9.65. The summed E-state index contributed by atoms with van der Waals surface area (Å²) in [6, 6.07) is 6.05. The fraction of sp³-hybridized carbons (Fsp3) is 0.750. The Labute approximate surface area is 169 Å². The minimum absolute atomic E-state index is 0.0483. The molecule has 1 saturated heterocycles. The van der Waals surface area contributed by atoms with E-state index in [2.05, 4.69) is 24.8 Å². The highest BCUT2D eigenvalue weighted by Gasteiger charge is 2.72. The first kappa shape index (κ1) is 18.7. The van der Waals surface area contributed by atoms with Crippen molar-refractivity contribution in [3.05, 3.63) is 23.8 Å². The van der Waals surface area contributed by atoms with Gasteiger partial charge in [0.2, 0.25) is 0 Å². The van der Waals surface area contributed by atoms with Gasteiger partial charge in [-0.2, -0.15) is 0 Å². The SMILES string of the molecule is CCCOCC1CC2CCC13CN(CCC)CCC31c3cccc(O)c3OC21. The number of hydrogen-bond donors (Lipinski definition) is 1. The molecule has 0 amide bonds. The van der Waals surface area contributed by atoms with Gasteiger partial charge in [-0.15, -0.1) is 0 Å². The highest BCUT2D eigenvalue weighted by Crippen LogP contribution is 2.71. The van der Waals surface area contributed by atoms with Gasteiger partial charge in [0.1, 0.15) is 6.10 Å². The summed E-state index contributed by atoms with van der Waals surface area (Å²) in [6.07, 6.45) is 7.41.